The van der Waals surface area contributed by atoms with Crippen molar-refractivity contribution in [1.29, 1.82) is 0 Å². The zero-order valence-corrected chi connectivity index (χ0v) is 25.5. The van der Waals surface area contributed by atoms with Crippen LogP contribution in [0.5, 0.6) is 0 Å². The maximum absolute atomic E-state index is 6.14. The fourth-order valence-corrected chi connectivity index (χ4v) is 7.56. The smallest absolute Gasteiger partial charge is 0.0686 e. The summed E-state index contributed by atoms with van der Waals surface area (Å²) in [6.07, 6.45) is 10.6. The molecule has 0 N–H and O–H groups in total. The van der Waals surface area contributed by atoms with Crippen LogP contribution in [0.15, 0.2) is 121 Å². The molecule has 0 saturated carbocycles. The zero-order valence-electron chi connectivity index (χ0n) is 25.5. The summed E-state index contributed by atoms with van der Waals surface area (Å²) in [5.41, 5.74) is 18.0. The van der Waals surface area contributed by atoms with Gasteiger partial charge in [-0.05, 0) is 121 Å². The minimum Gasteiger partial charge on any atom is -0.309 e. The fraction of sp³-hybridized carbons (Fsp3) is 0.143. The van der Waals surface area contributed by atoms with E-state index in [1.807, 2.05) is 0 Å². The molecule has 1 heteroatoms. The van der Waals surface area contributed by atoms with Crippen LogP contribution in [0.2, 0.25) is 0 Å². The Hall–Kier alpha value is -5.06. The maximum atomic E-state index is 6.14. The Bertz CT molecular complexity index is 2050. The van der Waals surface area contributed by atoms with E-state index in [2.05, 4.69) is 161 Å². The number of anilines is 3. The van der Waals surface area contributed by atoms with Gasteiger partial charge in [-0.3, -0.25) is 0 Å². The van der Waals surface area contributed by atoms with Gasteiger partial charge in [-0.25, -0.2) is 0 Å². The van der Waals surface area contributed by atoms with Crippen LogP contribution in [0.3, 0.4) is 0 Å². The fourth-order valence-electron chi connectivity index (χ4n) is 7.56. The molecule has 7 rings (SSSR count). The Kier molecular flexibility index (Phi) is 6.26. The molecule has 2 aliphatic rings. The first-order chi connectivity index (χ1) is 20.9. The van der Waals surface area contributed by atoms with Gasteiger partial charge in [0.15, 0.2) is 0 Å². The van der Waals surface area contributed by atoms with E-state index in [1.165, 1.54) is 55.7 Å². The number of hydrogen-bond donors (Lipinski definition) is 0. The predicted molar refractivity (Wildman–Crippen MR) is 182 cm³/mol. The van der Waals surface area contributed by atoms with Crippen molar-refractivity contribution in [2.24, 2.45) is 0 Å². The van der Waals surface area contributed by atoms with E-state index in [4.69, 9.17) is 6.42 Å². The van der Waals surface area contributed by atoms with Crippen LogP contribution in [0, 0.1) is 33.1 Å². The van der Waals surface area contributed by atoms with Crippen LogP contribution in [-0.4, -0.2) is 0 Å². The van der Waals surface area contributed by atoms with Crippen molar-refractivity contribution in [1.82, 2.24) is 0 Å². The number of aryl methyl sites for hydroxylation is 3. The first kappa shape index (κ1) is 26.8. The lowest BCUT2D eigenvalue weighted by molar-refractivity contribution is 0.766. The third-order valence-electron chi connectivity index (χ3n) is 9.35. The second kappa shape index (κ2) is 10.0. The molecule has 1 atom stereocenters. The normalized spacial score (nSPS) is 16.4. The first-order valence-electron chi connectivity index (χ1n) is 15.0. The van der Waals surface area contributed by atoms with Crippen molar-refractivity contribution in [2.45, 2.75) is 40.0 Å². The number of rotatable bonds is 4. The minimum atomic E-state index is -0.371. The summed E-state index contributed by atoms with van der Waals surface area (Å²) in [5, 5.41) is 0. The molecule has 0 aromatic heterocycles. The molecular formula is C42H35N. The molecule has 0 amide bonds. The van der Waals surface area contributed by atoms with Gasteiger partial charge in [0.2, 0.25) is 0 Å². The quantitative estimate of drug-likeness (QED) is 0.200. The molecule has 43 heavy (non-hydrogen) atoms. The Morgan fingerprint density at radius 1 is 0.651 bits per heavy atom. The predicted octanol–water partition coefficient (Wildman–Crippen LogP) is 10.7. The number of allylic oxidation sites excluding steroid dienone is 4. The Morgan fingerprint density at radius 2 is 1.28 bits per heavy atom. The summed E-state index contributed by atoms with van der Waals surface area (Å²) in [6.45, 7) is 10.9. The van der Waals surface area contributed by atoms with Crippen molar-refractivity contribution >= 4 is 22.6 Å². The molecule has 2 aliphatic carbocycles. The summed E-state index contributed by atoms with van der Waals surface area (Å²) in [7, 11) is 0. The van der Waals surface area contributed by atoms with E-state index >= 15 is 0 Å². The van der Waals surface area contributed by atoms with E-state index in [0.717, 1.165) is 28.2 Å². The van der Waals surface area contributed by atoms with Crippen molar-refractivity contribution in [3.8, 4) is 23.5 Å². The molecular weight excluding hydrogens is 518 g/mol. The SMILES string of the molecule is C#Cc1cc(C)ccc1N(c1ccc2c(c1)C1(C(C)=C(/C=C\C)c3ccccc31)c1ccccc1-2)c1ccc(C)cc1C. The maximum Gasteiger partial charge on any atom is 0.0686 e. The Balaban J connectivity index is 1.56. The van der Waals surface area contributed by atoms with Gasteiger partial charge in [0.1, 0.15) is 0 Å². The summed E-state index contributed by atoms with van der Waals surface area (Å²) >= 11 is 0. The highest BCUT2D eigenvalue weighted by atomic mass is 15.1. The molecule has 0 fully saturated rings. The first-order valence-corrected chi connectivity index (χ1v) is 15.0. The van der Waals surface area contributed by atoms with Gasteiger partial charge in [0.25, 0.3) is 0 Å². The summed E-state index contributed by atoms with van der Waals surface area (Å²) in [5.74, 6) is 2.99. The topological polar surface area (TPSA) is 3.24 Å². The van der Waals surface area contributed by atoms with Gasteiger partial charge in [-0.15, -0.1) is 6.42 Å². The number of terminal acetylenes is 1. The van der Waals surface area contributed by atoms with Gasteiger partial charge < -0.3 is 4.90 Å². The van der Waals surface area contributed by atoms with Crippen molar-refractivity contribution < 1.29 is 0 Å². The van der Waals surface area contributed by atoms with Gasteiger partial charge >= 0.3 is 0 Å². The van der Waals surface area contributed by atoms with E-state index in [-0.39, 0.29) is 5.41 Å². The van der Waals surface area contributed by atoms with Crippen LogP contribution < -0.4 is 4.90 Å². The zero-order chi connectivity index (χ0) is 29.9. The average molecular weight is 554 g/mol. The monoisotopic (exact) mass is 553 g/mol. The van der Waals surface area contributed by atoms with E-state index < -0.39 is 0 Å². The van der Waals surface area contributed by atoms with Crippen molar-refractivity contribution in [2.75, 3.05) is 4.90 Å². The highest BCUT2D eigenvalue weighted by Gasteiger charge is 2.51. The molecule has 208 valence electrons. The number of nitrogens with zero attached hydrogens (tertiary/aromatic N) is 1. The molecule has 5 aromatic rings. The van der Waals surface area contributed by atoms with Crippen molar-refractivity contribution in [3.63, 3.8) is 0 Å². The summed E-state index contributed by atoms with van der Waals surface area (Å²) in [6, 6.07) is 38.0. The molecule has 1 unspecified atom stereocenters. The van der Waals surface area contributed by atoms with Crippen LogP contribution >= 0.6 is 0 Å². The number of benzene rings is 5. The van der Waals surface area contributed by atoms with E-state index in [1.54, 1.807) is 0 Å². The Morgan fingerprint density at radius 3 is 1.98 bits per heavy atom. The lowest BCUT2D eigenvalue weighted by Crippen LogP contribution is -2.26. The molecule has 0 bridgehead atoms. The van der Waals surface area contributed by atoms with Gasteiger partial charge in [-0.2, -0.15) is 0 Å². The summed E-state index contributed by atoms with van der Waals surface area (Å²) in [4.78, 5) is 2.35. The standard InChI is InChI=1S/C42H35N/c1-7-13-33-30(6)42(37-16-11-9-14-34(33)37)38-17-12-10-15-35(38)36-21-20-32(26-39(36)42)43(40-22-18-27(3)24-29(40)5)41-23-19-28(4)25-31(41)8-2/h2,7,9-26H,1,3-6H3/b13-7-. The molecule has 0 heterocycles. The molecule has 1 spiro atoms. The average Bonchev–Trinajstić information content (AvgIpc) is 3.45. The molecule has 1 nitrogen and oxygen atoms in total. The molecule has 0 aliphatic heterocycles. The summed E-state index contributed by atoms with van der Waals surface area (Å²) < 4.78 is 0. The molecule has 0 saturated heterocycles. The van der Waals surface area contributed by atoms with Crippen molar-refractivity contribution in [3.05, 3.63) is 165 Å². The van der Waals surface area contributed by atoms with Gasteiger partial charge in [0, 0.05) is 16.9 Å². The highest BCUT2D eigenvalue weighted by molar-refractivity contribution is 5.97. The van der Waals surface area contributed by atoms with Crippen LogP contribution in [0.4, 0.5) is 17.1 Å². The number of fused-ring (bicyclic) bond motifs is 7. The lowest BCUT2D eigenvalue weighted by Gasteiger charge is -2.33. The number of hydrogen-bond acceptors (Lipinski definition) is 1. The lowest BCUT2D eigenvalue weighted by atomic mass is 9.70. The second-order valence-corrected chi connectivity index (χ2v) is 11.9. The van der Waals surface area contributed by atoms with Gasteiger partial charge in [0.05, 0.1) is 11.1 Å². The van der Waals surface area contributed by atoms with E-state index in [0.29, 0.717) is 0 Å². The minimum absolute atomic E-state index is 0.371. The van der Waals surface area contributed by atoms with Crippen LogP contribution in [-0.2, 0) is 5.41 Å². The highest BCUT2D eigenvalue weighted by Crippen LogP contribution is 2.62. The molecule has 5 aromatic carbocycles. The Labute approximate surface area is 255 Å². The van der Waals surface area contributed by atoms with Gasteiger partial charge in [-0.1, -0.05) is 96.4 Å². The third kappa shape index (κ3) is 3.80. The second-order valence-electron chi connectivity index (χ2n) is 11.9. The van der Waals surface area contributed by atoms with Crippen LogP contribution in [0.1, 0.15) is 58.4 Å². The largest absolute Gasteiger partial charge is 0.309 e. The van der Waals surface area contributed by atoms with Crippen LogP contribution in [0.25, 0.3) is 16.7 Å². The molecule has 0 radical (unpaired) electrons. The van der Waals surface area contributed by atoms with E-state index in [9.17, 15) is 0 Å². The third-order valence-corrected chi connectivity index (χ3v) is 9.35.